The fourth-order valence-electron chi connectivity index (χ4n) is 9.12. The van der Waals surface area contributed by atoms with E-state index in [0.717, 1.165) is 5.56 Å². The third-order valence-corrected chi connectivity index (χ3v) is 13.5. The minimum Gasteiger partial charge on any atom is -0.507 e. The van der Waals surface area contributed by atoms with Gasteiger partial charge < -0.3 is 59.0 Å². The van der Waals surface area contributed by atoms with Gasteiger partial charge >= 0.3 is 11.9 Å². The smallest absolute Gasteiger partial charge is 0.410 e. The summed E-state index contributed by atoms with van der Waals surface area (Å²) in [4.78, 5) is 77.3. The lowest BCUT2D eigenvalue weighted by Crippen LogP contribution is -2.48. The van der Waals surface area contributed by atoms with Crippen LogP contribution in [0.2, 0.25) is 0 Å². The van der Waals surface area contributed by atoms with Crippen LogP contribution >= 0.6 is 0 Å². The van der Waals surface area contributed by atoms with Gasteiger partial charge in [-0.25, -0.2) is 4.79 Å². The number of ether oxygens (including phenoxy) is 5. The van der Waals surface area contributed by atoms with Crippen LogP contribution in [0.5, 0.6) is 11.5 Å². The Hall–Kier alpha value is -5.85. The zero-order chi connectivity index (χ0) is 49.8. The van der Waals surface area contributed by atoms with E-state index in [1.165, 1.54) is 46.3 Å². The fourth-order valence-corrected chi connectivity index (χ4v) is 9.12. The van der Waals surface area contributed by atoms with Gasteiger partial charge in [0, 0.05) is 81.6 Å². The molecule has 0 saturated carbocycles. The number of methoxy groups -OCH3 is 1. The highest BCUT2D eigenvalue weighted by atomic mass is 16.7. The Balaban J connectivity index is 1.44. The first-order valence-corrected chi connectivity index (χ1v) is 23.1. The number of rotatable bonds is 8. The summed E-state index contributed by atoms with van der Waals surface area (Å²) in [7, 11) is 5.25. The maximum Gasteiger partial charge on any atom is 0.410 e. The van der Waals surface area contributed by atoms with Crippen LogP contribution in [-0.4, -0.2) is 150 Å². The number of allylic oxidation sites excluding steroid dienone is 4. The standard InChI is InChI=1S/C51H66N4O13/c1-28-15-14-16-29(2)49(62)52-39-40(54-22-25-65-26-23-54)45(60)36-37(44(39)59)43(58)33(6)47-38(36)48(61)51(7,68-47)66-24-19-35(64-10)30(3)46(32(5)42(57)31(4)41(28)56)67-50(63)55(21-20-53(8)9)27-34-17-12-11-13-18-34/h11-19,24,28,30-32,35,41-42,46,56-58H,20-23,25-27H2,1-10H3,(H,52,62)/t28-,30+,31+,32+,35-,41-,42+,46+,51-/m0/s1. The molecule has 0 unspecified atom stereocenters. The third-order valence-electron chi connectivity index (χ3n) is 13.5. The number of carbonyl (C=O) groups excluding carboxylic acids is 5. The van der Waals surface area contributed by atoms with Crippen molar-refractivity contribution in [3.05, 3.63) is 106 Å². The number of benzene rings is 2. The summed E-state index contributed by atoms with van der Waals surface area (Å²) >= 11 is 0. The minimum atomic E-state index is -2.11. The van der Waals surface area contributed by atoms with Crippen molar-refractivity contribution in [2.75, 3.05) is 60.6 Å². The molecule has 5 aliphatic rings. The molecule has 4 heterocycles. The number of hydrogen-bond acceptors (Lipinski definition) is 15. The quantitative estimate of drug-likeness (QED) is 0.276. The topological polar surface area (TPSA) is 214 Å². The number of aliphatic hydroxyl groups is 2. The van der Waals surface area contributed by atoms with Crippen molar-refractivity contribution >= 4 is 29.4 Å². The molecule has 5 bridgehead atoms. The number of likely N-dealkylation sites (N-methyl/N-ethyl adjacent to an activating group) is 1. The second-order valence-electron chi connectivity index (χ2n) is 18.6. The molecule has 4 aliphatic heterocycles. The Kier molecular flexibility index (Phi) is 16.4. The Morgan fingerprint density at radius 1 is 0.897 bits per heavy atom. The van der Waals surface area contributed by atoms with Crippen molar-refractivity contribution < 1.29 is 63.0 Å². The number of phenolic OH excluding ortho intramolecular Hbond substituents is 1. The number of nitrogens with one attached hydrogen (secondary N) is 1. The molecule has 7 rings (SSSR count). The summed E-state index contributed by atoms with van der Waals surface area (Å²) in [6, 6.07) is 9.49. The number of fused-ring (bicyclic) bond motifs is 14. The van der Waals surface area contributed by atoms with Crippen LogP contribution in [-0.2, 0) is 30.3 Å². The molecule has 2 amide bonds. The monoisotopic (exact) mass is 942 g/mol. The molecular formula is C51H66N4O13. The van der Waals surface area contributed by atoms with Gasteiger partial charge in [-0.3, -0.25) is 19.2 Å². The molecule has 368 valence electrons. The number of aliphatic hydroxyl groups excluding tert-OH is 2. The average molecular weight is 943 g/mol. The molecule has 2 aromatic rings. The lowest BCUT2D eigenvalue weighted by atomic mass is 9.78. The molecule has 17 nitrogen and oxygen atoms in total. The highest BCUT2D eigenvalue weighted by Crippen LogP contribution is 2.49. The summed E-state index contributed by atoms with van der Waals surface area (Å²) in [5, 5.41) is 37.9. The van der Waals surface area contributed by atoms with E-state index in [4.69, 9.17) is 23.7 Å². The summed E-state index contributed by atoms with van der Waals surface area (Å²) in [6.07, 6.45) is 2.58. The Labute approximate surface area is 398 Å². The molecule has 0 aromatic heterocycles. The van der Waals surface area contributed by atoms with Crippen molar-refractivity contribution in [2.24, 2.45) is 23.7 Å². The van der Waals surface area contributed by atoms with Crippen molar-refractivity contribution in [3.63, 3.8) is 0 Å². The van der Waals surface area contributed by atoms with Gasteiger partial charge in [0.15, 0.2) is 0 Å². The number of ketones is 3. The molecule has 17 heteroatoms. The van der Waals surface area contributed by atoms with Crippen LogP contribution in [0, 0.1) is 30.6 Å². The van der Waals surface area contributed by atoms with Crippen LogP contribution < -0.4 is 10.1 Å². The van der Waals surface area contributed by atoms with Crippen molar-refractivity contribution in [2.45, 2.75) is 85.2 Å². The number of Topliss-reactive ketones (excluding diaryl/α,β-unsaturated/α-hetero) is 3. The molecule has 1 fully saturated rings. The van der Waals surface area contributed by atoms with Crippen LogP contribution in [0.3, 0.4) is 0 Å². The third kappa shape index (κ3) is 10.6. The van der Waals surface area contributed by atoms with Gasteiger partial charge in [0.05, 0.1) is 54.5 Å². The SMILES string of the molecule is CO[C@H]1C=CO[C@@]2(C)Oc3c(C)c(O)c4c(c3C2=O)C(=O)C(N2CCOCC2)=C(NC(=O)C(C)=CC=C[C@H](C)[C@H](O)[C@@H](C)[C@@H](O)[C@@H](C)[C@H](OC(=O)N(CCN(C)C)Cc2ccccc2)[C@@H]1C)C4=O. The molecule has 1 saturated heterocycles. The van der Waals surface area contributed by atoms with Crippen molar-refractivity contribution in [1.29, 1.82) is 0 Å². The van der Waals surface area contributed by atoms with E-state index in [9.17, 15) is 39.3 Å². The number of phenols is 1. The fraction of sp³-hybridized carbons (Fsp3) is 0.510. The maximum atomic E-state index is 14.8. The van der Waals surface area contributed by atoms with Gasteiger partial charge in [0.2, 0.25) is 11.6 Å². The van der Waals surface area contributed by atoms with E-state index in [2.05, 4.69) is 5.32 Å². The molecule has 2 aromatic carbocycles. The van der Waals surface area contributed by atoms with Gasteiger partial charge in [-0.15, -0.1) is 0 Å². The number of morpholine rings is 1. The molecule has 68 heavy (non-hydrogen) atoms. The van der Waals surface area contributed by atoms with E-state index in [0.29, 0.717) is 13.1 Å². The average Bonchev–Trinajstić information content (AvgIpc) is 3.59. The van der Waals surface area contributed by atoms with Crippen molar-refractivity contribution in [3.8, 4) is 11.5 Å². The Bertz CT molecular complexity index is 2370. The lowest BCUT2D eigenvalue weighted by Gasteiger charge is -2.39. The largest absolute Gasteiger partial charge is 0.507 e. The molecule has 1 aliphatic carbocycles. The first-order valence-electron chi connectivity index (χ1n) is 23.1. The highest BCUT2D eigenvalue weighted by molar-refractivity contribution is 6.32. The van der Waals surface area contributed by atoms with Crippen LogP contribution in [0.15, 0.2) is 77.9 Å². The molecule has 0 spiro atoms. The number of amides is 2. The van der Waals surface area contributed by atoms with E-state index in [-0.39, 0.29) is 72.3 Å². The second-order valence-corrected chi connectivity index (χ2v) is 18.6. The van der Waals surface area contributed by atoms with Crippen LogP contribution in [0.4, 0.5) is 4.79 Å². The number of aromatic hydroxyl groups is 1. The van der Waals surface area contributed by atoms with Crippen LogP contribution in [0.1, 0.15) is 83.7 Å². The number of carbonyl (C=O) groups is 5. The van der Waals surface area contributed by atoms with Crippen molar-refractivity contribution in [1.82, 2.24) is 20.0 Å². The Morgan fingerprint density at radius 2 is 1.57 bits per heavy atom. The van der Waals surface area contributed by atoms with E-state index in [1.807, 2.05) is 49.3 Å². The summed E-state index contributed by atoms with van der Waals surface area (Å²) in [5.74, 6) is -8.86. The number of hydrogen-bond donors (Lipinski definition) is 4. The summed E-state index contributed by atoms with van der Waals surface area (Å²) in [6.45, 7) is 13.2. The first-order chi connectivity index (χ1) is 32.2. The lowest BCUT2D eigenvalue weighted by molar-refractivity contribution is -0.116. The summed E-state index contributed by atoms with van der Waals surface area (Å²) < 4.78 is 30.1. The summed E-state index contributed by atoms with van der Waals surface area (Å²) in [5.41, 5.74) is -0.627. The highest BCUT2D eigenvalue weighted by Gasteiger charge is 2.53. The van der Waals surface area contributed by atoms with E-state index in [1.54, 1.807) is 49.6 Å². The molecule has 4 N–H and O–H groups in total. The maximum absolute atomic E-state index is 14.8. The van der Waals surface area contributed by atoms with Gasteiger partial charge in [-0.2, -0.15) is 0 Å². The first kappa shape index (κ1) is 51.5. The van der Waals surface area contributed by atoms with Gasteiger partial charge in [0.25, 0.3) is 11.7 Å². The second kappa shape index (κ2) is 21.6. The Morgan fingerprint density at radius 3 is 2.22 bits per heavy atom. The zero-order valence-electron chi connectivity index (χ0n) is 40.6. The predicted octanol–water partition coefficient (Wildman–Crippen LogP) is 4.93. The van der Waals surface area contributed by atoms with Crippen LogP contribution in [0.25, 0.3) is 0 Å². The molecule has 0 radical (unpaired) electrons. The van der Waals surface area contributed by atoms with Gasteiger partial charge in [-0.05, 0) is 39.6 Å². The molecule has 9 atom stereocenters. The predicted molar refractivity (Wildman–Crippen MR) is 251 cm³/mol. The van der Waals surface area contributed by atoms with Gasteiger partial charge in [0.1, 0.15) is 29.0 Å². The normalized spacial score (nSPS) is 28.3. The van der Waals surface area contributed by atoms with E-state index < -0.39 is 94.5 Å². The molecular weight excluding hydrogens is 877 g/mol. The van der Waals surface area contributed by atoms with E-state index >= 15 is 0 Å². The minimum absolute atomic E-state index is 0.00481. The van der Waals surface area contributed by atoms with Gasteiger partial charge in [-0.1, -0.05) is 76.3 Å². The number of nitrogens with zero attached hydrogens (tertiary/aromatic N) is 3. The zero-order valence-corrected chi connectivity index (χ0v) is 40.6.